The Morgan fingerprint density at radius 3 is 1.23 bits per heavy atom. The van der Waals surface area contributed by atoms with Crippen molar-refractivity contribution in [3.8, 4) is 44.5 Å². The smallest absolute Gasteiger partial charge is 0.0726 e. The van der Waals surface area contributed by atoms with E-state index in [2.05, 4.69) is 301 Å². The van der Waals surface area contributed by atoms with Crippen molar-refractivity contribution in [3.05, 3.63) is 313 Å². The Kier molecular flexibility index (Phi) is 9.83. The van der Waals surface area contributed by atoms with Gasteiger partial charge in [-0.25, -0.2) is 0 Å². The standard InChI is InChI=1S/C73H48N2/c1-3-19-49(20-4-1)53-27-15-29-57(43-53)74(71-37-17-25-51-23-7-9-31-61(51)71)59-40-39-55-46-66-65-42-41-60(48-70(65)73(69(66)47-56(55)45-59)67-35-13-11-33-63(67)64-34-12-14-36-68(64)73)75(72-38-18-26-52-24-8-10-32-62(52)72)58-30-16-28-54(44-58)50-21-5-2-6-22-50/h1-48H. The van der Waals surface area contributed by atoms with Crippen LogP contribution in [-0.2, 0) is 5.41 Å². The number of nitrogens with zero attached hydrogens (tertiary/aromatic N) is 2. The zero-order chi connectivity index (χ0) is 49.5. The van der Waals surface area contributed by atoms with Gasteiger partial charge in [-0.2, -0.15) is 0 Å². The Hall–Kier alpha value is -9.76. The second-order valence-electron chi connectivity index (χ2n) is 20.0. The summed E-state index contributed by atoms with van der Waals surface area (Å²) in [5.74, 6) is 0. The molecule has 0 aliphatic heterocycles. The minimum atomic E-state index is -0.590. The second-order valence-corrected chi connectivity index (χ2v) is 20.0. The van der Waals surface area contributed by atoms with Crippen LogP contribution in [0.3, 0.4) is 0 Å². The molecule has 0 radical (unpaired) electrons. The molecule has 15 rings (SSSR count). The summed E-state index contributed by atoms with van der Waals surface area (Å²) in [5, 5.41) is 7.21. The maximum absolute atomic E-state index is 2.53. The van der Waals surface area contributed by atoms with Crippen LogP contribution in [-0.4, -0.2) is 0 Å². The third kappa shape index (κ3) is 6.73. The summed E-state index contributed by atoms with van der Waals surface area (Å²) in [6, 6.07) is 108. The normalized spacial score (nSPS) is 12.6. The average molecular weight is 953 g/mol. The second kappa shape index (κ2) is 17.2. The van der Waals surface area contributed by atoms with Gasteiger partial charge < -0.3 is 9.80 Å². The van der Waals surface area contributed by atoms with Crippen molar-refractivity contribution < 1.29 is 0 Å². The molecule has 0 saturated carbocycles. The Bertz CT molecular complexity index is 4330. The van der Waals surface area contributed by atoms with Crippen molar-refractivity contribution in [1.29, 1.82) is 0 Å². The molecule has 0 atom stereocenters. The SMILES string of the molecule is c1ccc(-c2cccc(N(c3ccc4c(c3)C3(c5ccccc5-c5ccccc53)c3cc5cc(N(c6cccc(-c7ccccc7)c6)c6cccc7ccccc67)ccc5cc3-4)c3cccc4ccccc34)c2)cc1. The van der Waals surface area contributed by atoms with Crippen molar-refractivity contribution in [3.63, 3.8) is 0 Å². The van der Waals surface area contributed by atoms with Gasteiger partial charge in [0.2, 0.25) is 0 Å². The molecule has 13 aromatic rings. The zero-order valence-corrected chi connectivity index (χ0v) is 41.1. The predicted molar refractivity (Wildman–Crippen MR) is 315 cm³/mol. The molecule has 2 heteroatoms. The van der Waals surface area contributed by atoms with Gasteiger partial charge in [-0.3, -0.25) is 0 Å². The third-order valence-corrected chi connectivity index (χ3v) is 16.0. The summed E-state index contributed by atoms with van der Waals surface area (Å²) in [7, 11) is 0. The van der Waals surface area contributed by atoms with Crippen molar-refractivity contribution in [2.45, 2.75) is 5.41 Å². The molecule has 13 aromatic carbocycles. The molecule has 0 unspecified atom stereocenters. The average Bonchev–Trinajstić information content (AvgIpc) is 4.17. The predicted octanol–water partition coefficient (Wildman–Crippen LogP) is 19.8. The minimum Gasteiger partial charge on any atom is -0.310 e. The molecule has 350 valence electrons. The molecule has 2 nitrogen and oxygen atoms in total. The van der Waals surface area contributed by atoms with Crippen molar-refractivity contribution in [1.82, 2.24) is 0 Å². The van der Waals surface area contributed by atoms with Gasteiger partial charge >= 0.3 is 0 Å². The van der Waals surface area contributed by atoms with E-state index < -0.39 is 5.41 Å². The third-order valence-electron chi connectivity index (χ3n) is 16.0. The van der Waals surface area contributed by atoms with Crippen LogP contribution in [0.15, 0.2) is 291 Å². The molecule has 75 heavy (non-hydrogen) atoms. The summed E-state index contributed by atoms with van der Waals surface area (Å²) in [5.41, 5.74) is 21.2. The fraction of sp³-hybridized carbons (Fsp3) is 0.0137. The highest BCUT2D eigenvalue weighted by molar-refractivity contribution is 6.05. The number of anilines is 6. The van der Waals surface area contributed by atoms with Gasteiger partial charge in [-0.15, -0.1) is 0 Å². The summed E-state index contributed by atoms with van der Waals surface area (Å²) in [6.45, 7) is 0. The number of hydrogen-bond donors (Lipinski definition) is 0. The first kappa shape index (κ1) is 42.9. The summed E-state index contributed by atoms with van der Waals surface area (Å²) >= 11 is 0. The maximum atomic E-state index is 2.53. The molecule has 2 aliphatic carbocycles. The van der Waals surface area contributed by atoms with E-state index >= 15 is 0 Å². The van der Waals surface area contributed by atoms with Gasteiger partial charge in [0.25, 0.3) is 0 Å². The summed E-state index contributed by atoms with van der Waals surface area (Å²) in [6.07, 6.45) is 0. The van der Waals surface area contributed by atoms with Gasteiger partial charge in [0.05, 0.1) is 16.8 Å². The van der Waals surface area contributed by atoms with E-state index in [4.69, 9.17) is 0 Å². The van der Waals surface area contributed by atoms with E-state index in [1.807, 2.05) is 0 Å². The fourth-order valence-corrected chi connectivity index (χ4v) is 12.7. The highest BCUT2D eigenvalue weighted by atomic mass is 15.1. The summed E-state index contributed by atoms with van der Waals surface area (Å²) in [4.78, 5) is 4.93. The van der Waals surface area contributed by atoms with Gasteiger partial charge in [0.1, 0.15) is 0 Å². The molecule has 0 fully saturated rings. The van der Waals surface area contributed by atoms with Crippen LogP contribution in [0.25, 0.3) is 76.8 Å². The van der Waals surface area contributed by atoms with E-state index in [0.29, 0.717) is 0 Å². The molecular weight excluding hydrogens is 905 g/mol. The van der Waals surface area contributed by atoms with Crippen LogP contribution in [0.4, 0.5) is 34.1 Å². The van der Waals surface area contributed by atoms with Crippen LogP contribution in [0.5, 0.6) is 0 Å². The molecular formula is C73H48N2. The van der Waals surface area contributed by atoms with Gasteiger partial charge in [-0.05, 0) is 161 Å². The largest absolute Gasteiger partial charge is 0.310 e. The van der Waals surface area contributed by atoms with Crippen LogP contribution in [0.2, 0.25) is 0 Å². The first-order valence-corrected chi connectivity index (χ1v) is 26.0. The minimum absolute atomic E-state index is 0.590. The van der Waals surface area contributed by atoms with E-state index in [-0.39, 0.29) is 0 Å². The Labute approximate surface area is 437 Å². The topological polar surface area (TPSA) is 6.48 Å². The lowest BCUT2D eigenvalue weighted by atomic mass is 9.70. The van der Waals surface area contributed by atoms with Gasteiger partial charge in [0.15, 0.2) is 0 Å². The van der Waals surface area contributed by atoms with Crippen molar-refractivity contribution in [2.24, 2.45) is 0 Å². The molecule has 0 heterocycles. The number of hydrogen-bond acceptors (Lipinski definition) is 2. The monoisotopic (exact) mass is 952 g/mol. The summed E-state index contributed by atoms with van der Waals surface area (Å²) < 4.78 is 0. The Balaban J connectivity index is 0.965. The Morgan fingerprint density at radius 1 is 0.213 bits per heavy atom. The molecule has 0 aromatic heterocycles. The number of fused-ring (bicyclic) bond motifs is 13. The molecule has 1 spiro atoms. The first-order chi connectivity index (χ1) is 37.2. The highest BCUT2D eigenvalue weighted by Gasteiger charge is 2.52. The van der Waals surface area contributed by atoms with Crippen LogP contribution in [0.1, 0.15) is 22.3 Å². The van der Waals surface area contributed by atoms with Crippen LogP contribution >= 0.6 is 0 Å². The number of benzene rings is 13. The van der Waals surface area contributed by atoms with Gasteiger partial charge in [0, 0.05) is 33.5 Å². The maximum Gasteiger partial charge on any atom is 0.0726 e. The quantitative estimate of drug-likeness (QED) is 0.150. The number of rotatable bonds is 8. The lowest BCUT2D eigenvalue weighted by molar-refractivity contribution is 0.795. The van der Waals surface area contributed by atoms with Crippen molar-refractivity contribution >= 4 is 66.4 Å². The first-order valence-electron chi connectivity index (χ1n) is 26.0. The molecule has 0 amide bonds. The van der Waals surface area contributed by atoms with E-state index in [1.165, 1.54) is 99.1 Å². The van der Waals surface area contributed by atoms with Crippen molar-refractivity contribution in [2.75, 3.05) is 9.80 Å². The van der Waals surface area contributed by atoms with E-state index in [0.717, 1.165) is 34.1 Å². The molecule has 0 N–H and O–H groups in total. The lowest BCUT2D eigenvalue weighted by Crippen LogP contribution is -2.26. The van der Waals surface area contributed by atoms with E-state index in [9.17, 15) is 0 Å². The van der Waals surface area contributed by atoms with E-state index in [1.54, 1.807) is 0 Å². The molecule has 0 bridgehead atoms. The Morgan fingerprint density at radius 2 is 0.640 bits per heavy atom. The van der Waals surface area contributed by atoms with Gasteiger partial charge in [-0.1, -0.05) is 218 Å². The highest BCUT2D eigenvalue weighted by Crippen LogP contribution is 2.64. The van der Waals surface area contributed by atoms with Crippen LogP contribution < -0.4 is 9.80 Å². The zero-order valence-electron chi connectivity index (χ0n) is 41.1. The molecule has 0 saturated heterocycles. The fourth-order valence-electron chi connectivity index (χ4n) is 12.7. The molecule has 2 aliphatic rings. The van der Waals surface area contributed by atoms with Crippen LogP contribution in [0, 0.1) is 0 Å². The lowest BCUT2D eigenvalue weighted by Gasteiger charge is -2.33.